The van der Waals surface area contributed by atoms with Crippen LogP contribution in [0.1, 0.15) is 72.1 Å². The zero-order valence-corrected chi connectivity index (χ0v) is 9.86. The SMILES string of the molecule is [CH2]CCCC(C)(C)CCCCCC. The molecule has 0 spiro atoms. The predicted molar refractivity (Wildman–Crippen MR) is 61.7 cm³/mol. The molecule has 1 radical (unpaired) electrons. The number of unbranched alkanes of at least 4 members (excludes halogenated alkanes) is 4. The van der Waals surface area contributed by atoms with Crippen LogP contribution in [0, 0.1) is 12.3 Å². The summed E-state index contributed by atoms with van der Waals surface area (Å²) in [5.74, 6) is 0. The maximum absolute atomic E-state index is 3.90. The van der Waals surface area contributed by atoms with E-state index in [1.807, 2.05) is 0 Å². The Bertz CT molecular complexity index is 103. The highest BCUT2D eigenvalue weighted by Crippen LogP contribution is 2.29. The van der Waals surface area contributed by atoms with E-state index in [4.69, 9.17) is 0 Å². The normalized spacial score (nSPS) is 12.0. The second-order valence-corrected chi connectivity index (χ2v) is 4.93. The van der Waals surface area contributed by atoms with E-state index < -0.39 is 0 Å². The lowest BCUT2D eigenvalue weighted by Gasteiger charge is -2.24. The van der Waals surface area contributed by atoms with Gasteiger partial charge in [0.2, 0.25) is 0 Å². The highest BCUT2D eigenvalue weighted by atomic mass is 14.2. The van der Waals surface area contributed by atoms with Crippen LogP contribution in [0.15, 0.2) is 0 Å². The van der Waals surface area contributed by atoms with Crippen LogP contribution >= 0.6 is 0 Å². The average molecular weight is 183 g/mol. The van der Waals surface area contributed by atoms with E-state index in [1.165, 1.54) is 44.9 Å². The molecule has 0 heteroatoms. The molecule has 0 saturated carbocycles. The smallest absolute Gasteiger partial charge is 0.0354 e. The number of hydrogen-bond donors (Lipinski definition) is 0. The first-order chi connectivity index (χ1) is 6.12. The molecule has 0 unspecified atom stereocenters. The minimum Gasteiger partial charge on any atom is -0.0654 e. The lowest BCUT2D eigenvalue weighted by molar-refractivity contribution is 0.287. The standard InChI is InChI=1S/C13H27/c1-5-7-9-10-12-13(3,4)11-8-6-2/h2,5-12H2,1,3-4H3. The molecule has 0 rings (SSSR count). The van der Waals surface area contributed by atoms with Gasteiger partial charge in [-0.3, -0.25) is 0 Å². The molecule has 0 heterocycles. The molecule has 0 atom stereocenters. The Morgan fingerprint density at radius 1 is 0.923 bits per heavy atom. The Morgan fingerprint density at radius 3 is 2.08 bits per heavy atom. The van der Waals surface area contributed by atoms with Crippen LogP contribution in [0.4, 0.5) is 0 Å². The van der Waals surface area contributed by atoms with E-state index in [0.29, 0.717) is 5.41 Å². The van der Waals surface area contributed by atoms with Crippen molar-refractivity contribution < 1.29 is 0 Å². The van der Waals surface area contributed by atoms with Crippen LogP contribution in [-0.4, -0.2) is 0 Å². The van der Waals surface area contributed by atoms with Crippen molar-refractivity contribution in [2.75, 3.05) is 0 Å². The van der Waals surface area contributed by atoms with E-state index in [9.17, 15) is 0 Å². The third-order valence-corrected chi connectivity index (χ3v) is 2.81. The molecule has 0 aliphatic carbocycles. The summed E-state index contributed by atoms with van der Waals surface area (Å²) < 4.78 is 0. The van der Waals surface area contributed by atoms with Gasteiger partial charge in [-0.15, -0.1) is 0 Å². The fourth-order valence-corrected chi connectivity index (χ4v) is 1.76. The molecule has 79 valence electrons. The molecule has 0 aliphatic rings. The number of rotatable bonds is 8. The second-order valence-electron chi connectivity index (χ2n) is 4.93. The third kappa shape index (κ3) is 8.33. The third-order valence-electron chi connectivity index (χ3n) is 2.81. The van der Waals surface area contributed by atoms with Crippen LogP contribution in [0.25, 0.3) is 0 Å². The maximum Gasteiger partial charge on any atom is -0.0354 e. The maximum atomic E-state index is 3.90. The molecular formula is C13H27. The Morgan fingerprint density at radius 2 is 1.54 bits per heavy atom. The first-order valence-electron chi connectivity index (χ1n) is 5.91. The highest BCUT2D eigenvalue weighted by Gasteiger charge is 2.15. The van der Waals surface area contributed by atoms with Gasteiger partial charge in [0.05, 0.1) is 0 Å². The van der Waals surface area contributed by atoms with E-state index >= 15 is 0 Å². The van der Waals surface area contributed by atoms with Crippen molar-refractivity contribution in [3.8, 4) is 0 Å². The molecule has 0 aromatic rings. The van der Waals surface area contributed by atoms with Crippen molar-refractivity contribution in [2.24, 2.45) is 5.41 Å². The Balaban J connectivity index is 3.39. The molecule has 0 nitrogen and oxygen atoms in total. The van der Waals surface area contributed by atoms with Gasteiger partial charge >= 0.3 is 0 Å². The van der Waals surface area contributed by atoms with E-state index in [0.717, 1.165) is 6.42 Å². The van der Waals surface area contributed by atoms with Crippen molar-refractivity contribution in [2.45, 2.75) is 72.1 Å². The number of hydrogen-bond acceptors (Lipinski definition) is 0. The minimum absolute atomic E-state index is 0.561. The predicted octanol–water partition coefficient (Wildman–Crippen LogP) is 4.99. The zero-order valence-electron chi connectivity index (χ0n) is 9.86. The molecule has 0 fully saturated rings. The second kappa shape index (κ2) is 7.41. The molecule has 0 bridgehead atoms. The summed E-state index contributed by atoms with van der Waals surface area (Å²) in [7, 11) is 0. The van der Waals surface area contributed by atoms with Crippen molar-refractivity contribution >= 4 is 0 Å². The Kier molecular flexibility index (Phi) is 7.41. The fraction of sp³-hybridized carbons (Fsp3) is 0.923. The summed E-state index contributed by atoms with van der Waals surface area (Å²) in [4.78, 5) is 0. The van der Waals surface area contributed by atoms with Crippen molar-refractivity contribution in [3.63, 3.8) is 0 Å². The molecular weight excluding hydrogens is 156 g/mol. The summed E-state index contributed by atoms with van der Waals surface area (Å²) in [6.45, 7) is 11.0. The van der Waals surface area contributed by atoms with Crippen molar-refractivity contribution in [3.05, 3.63) is 6.92 Å². The Labute approximate surface area is 85.1 Å². The van der Waals surface area contributed by atoms with Crippen LogP contribution in [-0.2, 0) is 0 Å². The first-order valence-corrected chi connectivity index (χ1v) is 5.91. The van der Waals surface area contributed by atoms with Gasteiger partial charge in [-0.1, -0.05) is 66.2 Å². The van der Waals surface area contributed by atoms with Gasteiger partial charge in [0.1, 0.15) is 0 Å². The molecule has 0 aromatic heterocycles. The van der Waals surface area contributed by atoms with Crippen LogP contribution in [0.5, 0.6) is 0 Å². The lowest BCUT2D eigenvalue weighted by atomic mass is 9.82. The van der Waals surface area contributed by atoms with Gasteiger partial charge in [-0.2, -0.15) is 0 Å². The molecule has 0 aromatic carbocycles. The minimum atomic E-state index is 0.561. The van der Waals surface area contributed by atoms with E-state index in [1.54, 1.807) is 0 Å². The van der Waals surface area contributed by atoms with Crippen molar-refractivity contribution in [1.29, 1.82) is 0 Å². The van der Waals surface area contributed by atoms with Crippen LogP contribution < -0.4 is 0 Å². The fourth-order valence-electron chi connectivity index (χ4n) is 1.76. The molecule has 13 heavy (non-hydrogen) atoms. The Hall–Kier alpha value is 0. The van der Waals surface area contributed by atoms with Gasteiger partial charge in [0.15, 0.2) is 0 Å². The van der Waals surface area contributed by atoms with Gasteiger partial charge < -0.3 is 0 Å². The van der Waals surface area contributed by atoms with Crippen molar-refractivity contribution in [1.82, 2.24) is 0 Å². The summed E-state index contributed by atoms with van der Waals surface area (Å²) in [5.41, 5.74) is 0.561. The summed E-state index contributed by atoms with van der Waals surface area (Å²) in [6, 6.07) is 0. The lowest BCUT2D eigenvalue weighted by Crippen LogP contribution is -2.10. The van der Waals surface area contributed by atoms with Gasteiger partial charge in [0, 0.05) is 0 Å². The topological polar surface area (TPSA) is 0 Å². The molecule has 0 saturated heterocycles. The summed E-state index contributed by atoms with van der Waals surface area (Å²) >= 11 is 0. The highest BCUT2D eigenvalue weighted by molar-refractivity contribution is 4.68. The van der Waals surface area contributed by atoms with Crippen LogP contribution in [0.2, 0.25) is 0 Å². The van der Waals surface area contributed by atoms with Gasteiger partial charge in [-0.25, -0.2) is 0 Å². The quantitative estimate of drug-likeness (QED) is 0.465. The average Bonchev–Trinajstić information content (AvgIpc) is 2.09. The van der Waals surface area contributed by atoms with E-state index in [-0.39, 0.29) is 0 Å². The summed E-state index contributed by atoms with van der Waals surface area (Å²) in [6.07, 6.45) is 10.7. The molecule has 0 aliphatic heterocycles. The largest absolute Gasteiger partial charge is 0.0654 e. The zero-order chi connectivity index (χ0) is 10.2. The van der Waals surface area contributed by atoms with Gasteiger partial charge in [-0.05, 0) is 18.3 Å². The molecule has 0 amide bonds. The molecule has 0 N–H and O–H groups in total. The first kappa shape index (κ1) is 13.0. The summed E-state index contributed by atoms with van der Waals surface area (Å²) in [5, 5.41) is 0. The van der Waals surface area contributed by atoms with E-state index in [2.05, 4.69) is 27.7 Å². The van der Waals surface area contributed by atoms with Gasteiger partial charge in [0.25, 0.3) is 0 Å². The monoisotopic (exact) mass is 183 g/mol. The van der Waals surface area contributed by atoms with Crippen LogP contribution in [0.3, 0.4) is 0 Å².